The number of nitrogens with zero attached hydrogens (tertiary/aromatic N) is 1. The molecule has 3 unspecified atom stereocenters. The molecule has 0 aromatic heterocycles. The summed E-state index contributed by atoms with van der Waals surface area (Å²) in [6, 6.07) is 16.3. The van der Waals surface area contributed by atoms with E-state index in [-0.39, 0.29) is 11.2 Å². The first-order valence-corrected chi connectivity index (χ1v) is 12.7. The molecule has 2 aromatic carbocycles. The van der Waals surface area contributed by atoms with E-state index in [1.165, 1.54) is 30.8 Å². The Morgan fingerprint density at radius 3 is 2.67 bits per heavy atom. The van der Waals surface area contributed by atoms with Crippen LogP contribution in [0.2, 0.25) is 0 Å². The average Bonchev–Trinajstić information content (AvgIpc) is 3.56. The minimum atomic E-state index is -1.14. The molecule has 1 saturated heterocycles. The summed E-state index contributed by atoms with van der Waals surface area (Å²) < 4.78 is 11.5. The van der Waals surface area contributed by atoms with Crippen LogP contribution in [0.4, 0.5) is 0 Å². The van der Waals surface area contributed by atoms with Crippen molar-refractivity contribution in [3.05, 3.63) is 94.8 Å². The van der Waals surface area contributed by atoms with Gasteiger partial charge in [-0.25, -0.2) is 0 Å². The highest BCUT2D eigenvalue weighted by Gasteiger charge is 2.53. The summed E-state index contributed by atoms with van der Waals surface area (Å²) in [6.07, 6.45) is 8.98. The van der Waals surface area contributed by atoms with E-state index in [1.54, 1.807) is 7.11 Å². The van der Waals surface area contributed by atoms with Crippen LogP contribution in [0.3, 0.4) is 0 Å². The molecule has 2 aromatic rings. The van der Waals surface area contributed by atoms with Gasteiger partial charge in [0.1, 0.15) is 23.7 Å². The number of likely N-dealkylation sites (tertiary alicyclic amines) is 1. The van der Waals surface area contributed by atoms with E-state index in [4.69, 9.17) is 9.47 Å². The molecule has 5 heteroatoms. The number of ether oxygens (including phenoxy) is 2. The predicted molar refractivity (Wildman–Crippen MR) is 133 cm³/mol. The van der Waals surface area contributed by atoms with Crippen LogP contribution < -0.4 is 4.74 Å². The highest BCUT2D eigenvalue weighted by molar-refractivity contribution is 8.09. The third-order valence-electron chi connectivity index (χ3n) is 7.32. The normalized spacial score (nSPS) is 27.9. The molecule has 0 saturated carbocycles. The maximum absolute atomic E-state index is 12.4. The Hall–Kier alpha value is -2.47. The molecule has 170 valence electrons. The number of hydrogen-bond donors (Lipinski definition) is 1. The third-order valence-corrected chi connectivity index (χ3v) is 8.69. The lowest BCUT2D eigenvalue weighted by atomic mass is 9.76. The van der Waals surface area contributed by atoms with E-state index in [0.717, 1.165) is 40.3 Å². The second-order valence-electron chi connectivity index (χ2n) is 9.16. The second-order valence-corrected chi connectivity index (χ2v) is 10.3. The van der Waals surface area contributed by atoms with Crippen LogP contribution in [0.5, 0.6) is 5.75 Å². The second kappa shape index (κ2) is 8.39. The third kappa shape index (κ3) is 3.45. The molecule has 0 radical (unpaired) electrons. The van der Waals surface area contributed by atoms with E-state index in [9.17, 15) is 5.11 Å². The minimum Gasteiger partial charge on any atom is -0.497 e. The lowest BCUT2D eigenvalue weighted by Gasteiger charge is -2.33. The molecule has 6 rings (SSSR count). The zero-order valence-electron chi connectivity index (χ0n) is 18.9. The Kier molecular flexibility index (Phi) is 5.36. The van der Waals surface area contributed by atoms with Crippen molar-refractivity contribution in [3.8, 4) is 5.75 Å². The summed E-state index contributed by atoms with van der Waals surface area (Å²) in [6.45, 7) is 4.03. The van der Waals surface area contributed by atoms with Crippen molar-refractivity contribution in [1.82, 2.24) is 4.90 Å². The first kappa shape index (κ1) is 21.1. The van der Waals surface area contributed by atoms with Crippen LogP contribution in [0.15, 0.2) is 78.1 Å². The molecule has 0 amide bonds. The SMILES string of the molecule is COC1=CC2SC3=C(C2C=C1)C(O)(c1ccc(OCCN2CCCC2)cc1)c1ccccc13. The van der Waals surface area contributed by atoms with Crippen LogP contribution in [-0.2, 0) is 10.3 Å². The van der Waals surface area contributed by atoms with E-state index in [0.29, 0.717) is 6.61 Å². The number of benzene rings is 2. The summed E-state index contributed by atoms with van der Waals surface area (Å²) in [7, 11) is 1.71. The van der Waals surface area contributed by atoms with Crippen LogP contribution in [0.25, 0.3) is 4.91 Å². The molecule has 33 heavy (non-hydrogen) atoms. The fourth-order valence-corrected chi connectivity index (χ4v) is 7.21. The van der Waals surface area contributed by atoms with E-state index in [2.05, 4.69) is 35.3 Å². The van der Waals surface area contributed by atoms with Crippen LogP contribution in [-0.4, -0.2) is 48.6 Å². The van der Waals surface area contributed by atoms with Gasteiger partial charge in [-0.1, -0.05) is 42.5 Å². The van der Waals surface area contributed by atoms with Gasteiger partial charge >= 0.3 is 0 Å². The number of thioether (sulfide) groups is 1. The molecule has 4 nitrogen and oxygen atoms in total. The molecule has 3 atom stereocenters. The van der Waals surface area contributed by atoms with Gasteiger partial charge < -0.3 is 14.6 Å². The van der Waals surface area contributed by atoms with Gasteiger partial charge in [-0.2, -0.15) is 0 Å². The summed E-state index contributed by atoms with van der Waals surface area (Å²) in [5.74, 6) is 1.88. The van der Waals surface area contributed by atoms with E-state index in [1.807, 2.05) is 48.2 Å². The number of aliphatic hydroxyl groups is 1. The molecular weight excluding hydrogens is 430 g/mol. The Balaban J connectivity index is 1.29. The Morgan fingerprint density at radius 2 is 1.88 bits per heavy atom. The zero-order valence-corrected chi connectivity index (χ0v) is 19.7. The van der Waals surface area contributed by atoms with Crippen molar-refractivity contribution in [1.29, 1.82) is 0 Å². The summed E-state index contributed by atoms with van der Waals surface area (Å²) >= 11 is 1.83. The van der Waals surface area contributed by atoms with Crippen molar-refractivity contribution in [2.24, 2.45) is 5.92 Å². The van der Waals surface area contributed by atoms with E-state index >= 15 is 0 Å². The minimum absolute atomic E-state index is 0.137. The maximum atomic E-state index is 12.4. The molecule has 1 fully saturated rings. The van der Waals surface area contributed by atoms with Gasteiger partial charge in [-0.15, -0.1) is 11.8 Å². The smallest absolute Gasteiger partial charge is 0.139 e. The van der Waals surface area contributed by atoms with Gasteiger partial charge in [0.2, 0.25) is 0 Å². The highest BCUT2D eigenvalue weighted by atomic mass is 32.2. The fraction of sp³-hybridized carbons (Fsp3) is 0.357. The van der Waals surface area contributed by atoms with Crippen molar-refractivity contribution < 1.29 is 14.6 Å². The number of rotatable bonds is 6. The van der Waals surface area contributed by atoms with Crippen molar-refractivity contribution >= 4 is 16.7 Å². The lowest BCUT2D eigenvalue weighted by Crippen LogP contribution is -2.33. The number of hydrogen-bond acceptors (Lipinski definition) is 5. The molecule has 4 aliphatic rings. The van der Waals surface area contributed by atoms with Gasteiger partial charge in [-0.3, -0.25) is 4.90 Å². The number of methoxy groups -OCH3 is 1. The van der Waals surface area contributed by atoms with Gasteiger partial charge in [-0.05, 0) is 66.9 Å². The van der Waals surface area contributed by atoms with Crippen molar-refractivity contribution in [2.45, 2.75) is 23.7 Å². The molecule has 2 aliphatic heterocycles. The van der Waals surface area contributed by atoms with Gasteiger partial charge in [0.25, 0.3) is 0 Å². The van der Waals surface area contributed by atoms with Crippen LogP contribution in [0, 0.1) is 5.92 Å². The monoisotopic (exact) mass is 459 g/mol. The van der Waals surface area contributed by atoms with Gasteiger partial charge in [0.05, 0.1) is 7.11 Å². The van der Waals surface area contributed by atoms with E-state index < -0.39 is 5.60 Å². The van der Waals surface area contributed by atoms with Crippen molar-refractivity contribution in [2.75, 3.05) is 33.4 Å². The molecule has 2 heterocycles. The number of allylic oxidation sites excluding steroid dienone is 2. The van der Waals surface area contributed by atoms with Crippen molar-refractivity contribution in [3.63, 3.8) is 0 Å². The molecule has 1 N–H and O–H groups in total. The topological polar surface area (TPSA) is 41.9 Å². The Morgan fingerprint density at radius 1 is 1.09 bits per heavy atom. The Labute approximate surface area is 199 Å². The summed E-state index contributed by atoms with van der Waals surface area (Å²) in [5, 5.41) is 12.6. The molecule has 0 spiro atoms. The highest BCUT2D eigenvalue weighted by Crippen LogP contribution is 2.62. The van der Waals surface area contributed by atoms with Crippen LogP contribution >= 0.6 is 11.8 Å². The zero-order chi connectivity index (χ0) is 22.4. The molecule has 0 bridgehead atoms. The quantitative estimate of drug-likeness (QED) is 0.662. The predicted octanol–water partition coefficient (Wildman–Crippen LogP) is 4.95. The summed E-state index contributed by atoms with van der Waals surface area (Å²) in [4.78, 5) is 3.66. The maximum Gasteiger partial charge on any atom is 0.139 e. The molecular formula is C28H29NO3S. The van der Waals surface area contributed by atoms with Gasteiger partial charge in [0, 0.05) is 28.2 Å². The first-order valence-electron chi connectivity index (χ1n) is 11.8. The molecule has 2 aliphatic carbocycles. The number of fused-ring (bicyclic) bond motifs is 4. The summed E-state index contributed by atoms with van der Waals surface area (Å²) in [5.41, 5.74) is 2.95. The Bertz CT molecular complexity index is 1150. The standard InChI is InChI=1S/C28H29NO3S/c1-31-21-12-13-23-25(18-21)33-27-22-6-2-3-7-24(22)28(30,26(23)27)19-8-10-20(11-9-19)32-17-16-29-14-4-5-15-29/h2-3,6-13,18,23,25,30H,4-5,14-17H2,1H3. The first-order chi connectivity index (χ1) is 16.2. The largest absolute Gasteiger partial charge is 0.497 e. The average molecular weight is 460 g/mol. The van der Waals surface area contributed by atoms with Crippen LogP contribution in [0.1, 0.15) is 29.5 Å². The fourth-order valence-electron chi connectivity index (χ4n) is 5.64. The lowest BCUT2D eigenvalue weighted by molar-refractivity contribution is 0.116. The van der Waals surface area contributed by atoms with Gasteiger partial charge in [0.15, 0.2) is 0 Å².